The lowest BCUT2D eigenvalue weighted by molar-refractivity contribution is -0.141. The quantitative estimate of drug-likeness (QED) is 0.537. The molecular formula is C10H14N2O5. The number of esters is 2. The number of hydrogen-bond donors (Lipinski definition) is 1. The maximum Gasteiger partial charge on any atom is 0.355 e. The van der Waals surface area contributed by atoms with E-state index in [0.717, 1.165) is 11.0 Å². The number of ether oxygens (including phenoxy) is 2. The summed E-state index contributed by atoms with van der Waals surface area (Å²) in [5, 5.41) is 2.52. The minimum absolute atomic E-state index is 0.117. The summed E-state index contributed by atoms with van der Waals surface area (Å²) in [6.07, 6.45) is 0.947. The van der Waals surface area contributed by atoms with Crippen molar-refractivity contribution < 1.29 is 23.9 Å². The Hall–Kier alpha value is -2.05. The van der Waals surface area contributed by atoms with Gasteiger partial charge in [-0.05, 0) is 6.92 Å². The Morgan fingerprint density at radius 1 is 1.53 bits per heavy atom. The van der Waals surface area contributed by atoms with E-state index in [1.165, 1.54) is 7.11 Å². The van der Waals surface area contributed by atoms with Gasteiger partial charge in [0.25, 0.3) is 0 Å². The molecule has 17 heavy (non-hydrogen) atoms. The van der Waals surface area contributed by atoms with E-state index in [-0.39, 0.29) is 12.3 Å². The van der Waals surface area contributed by atoms with Crippen LogP contribution in [0.2, 0.25) is 0 Å². The van der Waals surface area contributed by atoms with Crippen molar-refractivity contribution in [3.63, 3.8) is 0 Å². The number of nitrogens with zero attached hydrogens (tertiary/aromatic N) is 1. The lowest BCUT2D eigenvalue weighted by Crippen LogP contribution is -2.32. The minimum Gasteiger partial charge on any atom is -0.466 e. The van der Waals surface area contributed by atoms with E-state index < -0.39 is 18.0 Å². The summed E-state index contributed by atoms with van der Waals surface area (Å²) < 4.78 is 9.20. The molecule has 0 spiro atoms. The predicted octanol–water partition coefficient (Wildman–Crippen LogP) is -0.368. The van der Waals surface area contributed by atoms with E-state index in [9.17, 15) is 14.4 Å². The van der Waals surface area contributed by atoms with Crippen LogP contribution in [0.3, 0.4) is 0 Å². The van der Waals surface area contributed by atoms with Gasteiger partial charge in [-0.25, -0.2) is 14.4 Å². The zero-order valence-corrected chi connectivity index (χ0v) is 9.69. The second kappa shape index (κ2) is 5.88. The molecule has 0 atom stereocenters. The van der Waals surface area contributed by atoms with Crippen LogP contribution in [0.1, 0.15) is 6.92 Å². The fraction of sp³-hybridized carbons (Fsp3) is 0.500. The monoisotopic (exact) mass is 242 g/mol. The van der Waals surface area contributed by atoms with Crippen LogP contribution in [0.15, 0.2) is 11.8 Å². The van der Waals surface area contributed by atoms with Crippen molar-refractivity contribution in [2.24, 2.45) is 0 Å². The molecule has 1 aliphatic heterocycles. The van der Waals surface area contributed by atoms with Gasteiger partial charge in [-0.15, -0.1) is 0 Å². The second-order valence-corrected chi connectivity index (χ2v) is 3.16. The molecule has 0 radical (unpaired) electrons. The summed E-state index contributed by atoms with van der Waals surface area (Å²) in [5.41, 5.74) is -0.117. The zero-order valence-electron chi connectivity index (χ0n) is 9.69. The molecule has 1 aliphatic rings. The van der Waals surface area contributed by atoms with Crippen LogP contribution in [0, 0.1) is 0 Å². The van der Waals surface area contributed by atoms with Gasteiger partial charge >= 0.3 is 18.0 Å². The number of urea groups is 1. The van der Waals surface area contributed by atoms with Crippen LogP contribution in [-0.2, 0) is 19.1 Å². The molecule has 94 valence electrons. The van der Waals surface area contributed by atoms with E-state index in [1.54, 1.807) is 6.92 Å². The number of nitrogens with one attached hydrogen (secondary N) is 1. The number of methoxy groups -OCH3 is 1. The lowest BCUT2D eigenvalue weighted by Gasteiger charge is -2.16. The van der Waals surface area contributed by atoms with Gasteiger partial charge in [0.1, 0.15) is 5.70 Å². The van der Waals surface area contributed by atoms with Crippen molar-refractivity contribution in [2.75, 3.05) is 26.8 Å². The maximum absolute atomic E-state index is 11.6. The minimum atomic E-state index is -0.727. The SMILES string of the molecule is CCOC(=O)/C(=C\C(=O)OC)N1CCNC1=O. The standard InChI is InChI=1S/C10H14N2O5/c1-3-17-9(14)7(6-8(13)16-2)12-5-4-11-10(12)15/h6H,3-5H2,1-2H3,(H,11,15)/b7-6+. The zero-order chi connectivity index (χ0) is 12.8. The van der Waals surface area contributed by atoms with Crippen molar-refractivity contribution in [1.29, 1.82) is 0 Å². The van der Waals surface area contributed by atoms with E-state index in [2.05, 4.69) is 10.1 Å². The van der Waals surface area contributed by atoms with Crippen molar-refractivity contribution in [3.8, 4) is 0 Å². The number of carbonyl (C=O) groups excluding carboxylic acids is 3. The summed E-state index contributed by atoms with van der Waals surface area (Å²) >= 11 is 0. The Balaban J connectivity index is 2.93. The van der Waals surface area contributed by atoms with Gasteiger partial charge in [0.15, 0.2) is 0 Å². The molecule has 7 heteroatoms. The Bertz CT molecular complexity index is 364. The van der Waals surface area contributed by atoms with Crippen molar-refractivity contribution in [1.82, 2.24) is 10.2 Å². The molecule has 1 heterocycles. The molecule has 0 aliphatic carbocycles. The highest BCUT2D eigenvalue weighted by Gasteiger charge is 2.29. The summed E-state index contributed by atoms with van der Waals surface area (Å²) in [5.74, 6) is -1.44. The summed E-state index contributed by atoms with van der Waals surface area (Å²) in [7, 11) is 1.19. The first kappa shape index (κ1) is 13.0. The first-order valence-corrected chi connectivity index (χ1v) is 5.12. The lowest BCUT2D eigenvalue weighted by atomic mass is 10.3. The van der Waals surface area contributed by atoms with Gasteiger partial charge in [-0.1, -0.05) is 0 Å². The van der Waals surface area contributed by atoms with E-state index in [1.807, 2.05) is 0 Å². The molecule has 0 aromatic carbocycles. The molecule has 1 saturated heterocycles. The molecular weight excluding hydrogens is 228 g/mol. The highest BCUT2D eigenvalue weighted by atomic mass is 16.5. The van der Waals surface area contributed by atoms with E-state index in [0.29, 0.717) is 13.1 Å². The summed E-state index contributed by atoms with van der Waals surface area (Å²) in [6.45, 7) is 2.52. The molecule has 2 amide bonds. The Labute approximate surface area is 98.3 Å². The topological polar surface area (TPSA) is 84.9 Å². The average Bonchev–Trinajstić information content (AvgIpc) is 2.72. The Morgan fingerprint density at radius 3 is 2.71 bits per heavy atom. The third-order valence-corrected chi connectivity index (χ3v) is 2.09. The smallest absolute Gasteiger partial charge is 0.355 e. The van der Waals surface area contributed by atoms with Crippen molar-refractivity contribution >= 4 is 18.0 Å². The summed E-state index contributed by atoms with van der Waals surface area (Å²) in [6, 6.07) is -0.437. The van der Waals surface area contributed by atoms with Gasteiger partial charge in [-0.3, -0.25) is 4.90 Å². The van der Waals surface area contributed by atoms with Crippen molar-refractivity contribution in [3.05, 3.63) is 11.8 Å². The largest absolute Gasteiger partial charge is 0.466 e. The Kier molecular flexibility index (Phi) is 4.50. The molecule has 0 saturated carbocycles. The molecule has 0 unspecified atom stereocenters. The van der Waals surface area contributed by atoms with Gasteiger partial charge in [0.2, 0.25) is 0 Å². The molecule has 0 aromatic rings. The average molecular weight is 242 g/mol. The third kappa shape index (κ3) is 3.20. The highest BCUT2D eigenvalue weighted by Crippen LogP contribution is 2.11. The molecule has 1 N–H and O–H groups in total. The van der Waals surface area contributed by atoms with Crippen LogP contribution >= 0.6 is 0 Å². The van der Waals surface area contributed by atoms with E-state index >= 15 is 0 Å². The van der Waals surface area contributed by atoms with Crippen LogP contribution in [0.4, 0.5) is 4.79 Å². The van der Waals surface area contributed by atoms with Crippen molar-refractivity contribution in [2.45, 2.75) is 6.92 Å². The van der Waals surface area contributed by atoms with Gasteiger partial charge < -0.3 is 14.8 Å². The third-order valence-electron chi connectivity index (χ3n) is 2.09. The second-order valence-electron chi connectivity index (χ2n) is 3.16. The van der Waals surface area contributed by atoms with Crippen LogP contribution in [0.5, 0.6) is 0 Å². The molecule has 7 nitrogen and oxygen atoms in total. The first-order chi connectivity index (χ1) is 8.10. The predicted molar refractivity (Wildman–Crippen MR) is 56.8 cm³/mol. The fourth-order valence-electron chi connectivity index (χ4n) is 1.32. The first-order valence-electron chi connectivity index (χ1n) is 5.12. The number of rotatable bonds is 4. The molecule has 1 fully saturated rings. The Morgan fingerprint density at radius 2 is 2.24 bits per heavy atom. The van der Waals surface area contributed by atoms with Gasteiger partial charge in [0.05, 0.1) is 19.8 Å². The normalized spacial score (nSPS) is 15.5. The number of hydrogen-bond acceptors (Lipinski definition) is 5. The van der Waals surface area contributed by atoms with Gasteiger partial charge in [-0.2, -0.15) is 0 Å². The highest BCUT2D eigenvalue weighted by molar-refractivity contribution is 5.99. The molecule has 0 aromatic heterocycles. The number of amides is 2. The molecule has 0 bridgehead atoms. The summed E-state index contributed by atoms with van der Waals surface area (Å²) in [4.78, 5) is 35.3. The van der Waals surface area contributed by atoms with Crippen LogP contribution in [-0.4, -0.2) is 49.7 Å². The number of carbonyl (C=O) groups is 3. The van der Waals surface area contributed by atoms with E-state index in [4.69, 9.17) is 4.74 Å². The maximum atomic E-state index is 11.6. The fourth-order valence-corrected chi connectivity index (χ4v) is 1.32. The van der Waals surface area contributed by atoms with Crippen LogP contribution < -0.4 is 5.32 Å². The van der Waals surface area contributed by atoms with Crippen LogP contribution in [0.25, 0.3) is 0 Å². The van der Waals surface area contributed by atoms with Gasteiger partial charge in [0, 0.05) is 13.1 Å². The molecule has 1 rings (SSSR count).